The van der Waals surface area contributed by atoms with Crippen LogP contribution in [0, 0.1) is 0 Å². The second-order valence-corrected chi connectivity index (χ2v) is 6.95. The number of benzene rings is 2. The van der Waals surface area contributed by atoms with Gasteiger partial charge in [-0.15, -0.1) is 0 Å². The second-order valence-electron chi connectivity index (χ2n) is 6.95. The van der Waals surface area contributed by atoms with Gasteiger partial charge in [-0.25, -0.2) is 9.78 Å². The minimum absolute atomic E-state index is 0.202. The van der Waals surface area contributed by atoms with Crippen molar-refractivity contribution in [1.82, 2.24) is 14.7 Å². The third-order valence-corrected chi connectivity index (χ3v) is 5.02. The lowest BCUT2D eigenvalue weighted by Crippen LogP contribution is -2.39. The zero-order chi connectivity index (χ0) is 21.6. The van der Waals surface area contributed by atoms with Gasteiger partial charge in [0.15, 0.2) is 11.5 Å². The van der Waals surface area contributed by atoms with E-state index in [1.165, 1.54) is 0 Å². The highest BCUT2D eigenvalue weighted by molar-refractivity contribution is 5.91. The van der Waals surface area contributed by atoms with E-state index in [9.17, 15) is 4.79 Å². The third-order valence-electron chi connectivity index (χ3n) is 5.02. The zero-order valence-electron chi connectivity index (χ0n) is 17.5. The van der Waals surface area contributed by atoms with Crippen molar-refractivity contribution in [1.29, 1.82) is 0 Å². The number of anilines is 1. The molecule has 0 unspecified atom stereocenters. The smallest absolute Gasteiger partial charge is 0.322 e. The highest BCUT2D eigenvalue weighted by Gasteiger charge is 2.18. The van der Waals surface area contributed by atoms with Gasteiger partial charge in [-0.3, -0.25) is 4.90 Å². The lowest BCUT2D eigenvalue weighted by molar-refractivity contribution is 0.245. The summed E-state index contributed by atoms with van der Waals surface area (Å²) in [6.45, 7) is 0.739. The zero-order valence-corrected chi connectivity index (χ0v) is 17.5. The molecule has 31 heavy (non-hydrogen) atoms. The number of amides is 2. The number of aromatic nitrogens is 2. The van der Waals surface area contributed by atoms with E-state index in [1.54, 1.807) is 25.3 Å². The number of imidazole rings is 1. The SMILES string of the molecule is COc1ccc(CNC(=O)N(Cc2cnc3ccccn23)c2ccccc2)cc1OC. The predicted octanol–water partition coefficient (Wildman–Crippen LogP) is 4.27. The van der Waals surface area contributed by atoms with E-state index in [4.69, 9.17) is 9.47 Å². The van der Waals surface area contributed by atoms with E-state index in [2.05, 4.69) is 10.3 Å². The molecule has 0 bridgehead atoms. The Bertz CT molecular complexity index is 1170. The van der Waals surface area contributed by atoms with Crippen LogP contribution in [0.4, 0.5) is 10.5 Å². The molecule has 2 amide bonds. The first kappa shape index (κ1) is 20.3. The summed E-state index contributed by atoms with van der Waals surface area (Å²) in [5.74, 6) is 1.27. The van der Waals surface area contributed by atoms with E-state index < -0.39 is 0 Å². The lowest BCUT2D eigenvalue weighted by Gasteiger charge is -2.23. The van der Waals surface area contributed by atoms with Gasteiger partial charge in [0.1, 0.15) is 5.65 Å². The Labute approximate surface area is 180 Å². The number of nitrogens with zero attached hydrogens (tertiary/aromatic N) is 3. The molecule has 7 nitrogen and oxygen atoms in total. The third kappa shape index (κ3) is 4.45. The molecule has 2 aromatic heterocycles. The van der Waals surface area contributed by atoms with Crippen LogP contribution in [0.3, 0.4) is 0 Å². The summed E-state index contributed by atoms with van der Waals surface area (Å²) < 4.78 is 12.6. The average molecular weight is 416 g/mol. The normalized spacial score (nSPS) is 10.6. The number of carbonyl (C=O) groups is 1. The van der Waals surface area contributed by atoms with E-state index in [1.807, 2.05) is 77.3 Å². The van der Waals surface area contributed by atoms with Crippen molar-refractivity contribution in [2.75, 3.05) is 19.1 Å². The van der Waals surface area contributed by atoms with E-state index in [0.717, 1.165) is 22.6 Å². The molecule has 2 heterocycles. The number of methoxy groups -OCH3 is 2. The van der Waals surface area contributed by atoms with Crippen LogP contribution < -0.4 is 19.7 Å². The molecule has 0 aliphatic rings. The highest BCUT2D eigenvalue weighted by Crippen LogP contribution is 2.27. The van der Waals surface area contributed by atoms with Crippen LogP contribution in [0.5, 0.6) is 11.5 Å². The van der Waals surface area contributed by atoms with Crippen LogP contribution in [0.25, 0.3) is 5.65 Å². The number of ether oxygens (including phenoxy) is 2. The number of nitrogens with one attached hydrogen (secondary N) is 1. The topological polar surface area (TPSA) is 68.1 Å². The maximum atomic E-state index is 13.2. The molecule has 7 heteroatoms. The van der Waals surface area contributed by atoms with Crippen molar-refractivity contribution < 1.29 is 14.3 Å². The molecule has 158 valence electrons. The Hall–Kier alpha value is -4.00. The molecule has 0 atom stereocenters. The summed E-state index contributed by atoms with van der Waals surface area (Å²) in [5, 5.41) is 3.01. The van der Waals surface area contributed by atoms with E-state index in [-0.39, 0.29) is 6.03 Å². The fourth-order valence-corrected chi connectivity index (χ4v) is 3.42. The summed E-state index contributed by atoms with van der Waals surface area (Å²) in [5.41, 5.74) is 3.48. The maximum Gasteiger partial charge on any atom is 0.322 e. The van der Waals surface area contributed by atoms with E-state index >= 15 is 0 Å². The Kier molecular flexibility index (Phi) is 6.03. The summed E-state index contributed by atoms with van der Waals surface area (Å²) in [6, 6.07) is 20.8. The highest BCUT2D eigenvalue weighted by atomic mass is 16.5. The number of pyridine rings is 1. The summed E-state index contributed by atoms with van der Waals surface area (Å²) in [6.07, 6.45) is 3.75. The number of urea groups is 1. The molecule has 4 rings (SSSR count). The van der Waals surface area contributed by atoms with Crippen LogP contribution >= 0.6 is 0 Å². The van der Waals surface area contributed by atoms with Crippen LogP contribution in [0.1, 0.15) is 11.3 Å². The molecule has 0 radical (unpaired) electrons. The second kappa shape index (κ2) is 9.21. The van der Waals surface area contributed by atoms with Gasteiger partial charge in [0.25, 0.3) is 0 Å². The largest absolute Gasteiger partial charge is 0.493 e. The van der Waals surface area contributed by atoms with Gasteiger partial charge in [-0.2, -0.15) is 0 Å². The summed E-state index contributed by atoms with van der Waals surface area (Å²) in [4.78, 5) is 19.3. The van der Waals surface area contributed by atoms with Crippen molar-refractivity contribution in [3.8, 4) is 11.5 Å². The number of para-hydroxylation sites is 1. The number of hydrogen-bond donors (Lipinski definition) is 1. The van der Waals surface area contributed by atoms with E-state index in [0.29, 0.717) is 24.6 Å². The van der Waals surface area contributed by atoms with Crippen molar-refractivity contribution in [3.05, 3.63) is 90.4 Å². The van der Waals surface area contributed by atoms with Gasteiger partial charge < -0.3 is 19.2 Å². The summed E-state index contributed by atoms with van der Waals surface area (Å²) in [7, 11) is 3.18. The number of carbonyl (C=O) groups excluding carboxylic acids is 1. The van der Waals surface area contributed by atoms with Crippen molar-refractivity contribution in [2.45, 2.75) is 13.1 Å². The molecular weight excluding hydrogens is 392 g/mol. The molecule has 1 N–H and O–H groups in total. The van der Waals surface area contributed by atoms with Crippen LogP contribution in [0.15, 0.2) is 79.1 Å². The van der Waals surface area contributed by atoms with Gasteiger partial charge in [0.05, 0.1) is 32.7 Å². The monoisotopic (exact) mass is 416 g/mol. The van der Waals surface area contributed by atoms with Gasteiger partial charge in [0.2, 0.25) is 0 Å². The van der Waals surface area contributed by atoms with Crippen molar-refractivity contribution >= 4 is 17.4 Å². The minimum Gasteiger partial charge on any atom is -0.493 e. The lowest BCUT2D eigenvalue weighted by atomic mass is 10.2. The van der Waals surface area contributed by atoms with Gasteiger partial charge in [0, 0.05) is 18.4 Å². The van der Waals surface area contributed by atoms with Crippen molar-refractivity contribution in [2.24, 2.45) is 0 Å². The molecule has 4 aromatic rings. The molecule has 0 aliphatic carbocycles. The molecule has 0 spiro atoms. The molecule has 0 fully saturated rings. The molecule has 2 aromatic carbocycles. The molecule has 0 aliphatic heterocycles. The number of fused-ring (bicyclic) bond motifs is 1. The Morgan fingerprint density at radius 3 is 2.55 bits per heavy atom. The Morgan fingerprint density at radius 1 is 1.00 bits per heavy atom. The molecule has 0 saturated heterocycles. The van der Waals surface area contributed by atoms with Crippen LogP contribution in [-0.4, -0.2) is 29.6 Å². The number of hydrogen-bond acceptors (Lipinski definition) is 4. The predicted molar refractivity (Wildman–Crippen MR) is 120 cm³/mol. The quantitative estimate of drug-likeness (QED) is 0.489. The van der Waals surface area contributed by atoms with Crippen LogP contribution in [0.2, 0.25) is 0 Å². The van der Waals surface area contributed by atoms with Gasteiger partial charge >= 0.3 is 6.03 Å². The van der Waals surface area contributed by atoms with Crippen molar-refractivity contribution in [3.63, 3.8) is 0 Å². The fourth-order valence-electron chi connectivity index (χ4n) is 3.42. The van der Waals surface area contributed by atoms with Gasteiger partial charge in [-0.1, -0.05) is 30.3 Å². The molecular formula is C24H24N4O3. The summed E-state index contributed by atoms with van der Waals surface area (Å²) >= 11 is 0. The fraction of sp³-hybridized carbons (Fsp3) is 0.167. The first-order chi connectivity index (χ1) is 15.2. The standard InChI is InChI=1S/C24H24N4O3/c1-30-21-12-11-18(14-22(21)31-2)15-26-24(29)28(19-8-4-3-5-9-19)17-20-16-25-23-10-6-7-13-27(20)23/h3-14,16H,15,17H2,1-2H3,(H,26,29). The first-order valence-corrected chi connectivity index (χ1v) is 9.92. The number of rotatable bonds is 7. The van der Waals surface area contributed by atoms with Crippen LogP contribution in [-0.2, 0) is 13.1 Å². The Balaban J connectivity index is 1.55. The Morgan fingerprint density at radius 2 is 1.77 bits per heavy atom. The molecule has 0 saturated carbocycles. The first-order valence-electron chi connectivity index (χ1n) is 9.92. The van der Waals surface area contributed by atoms with Gasteiger partial charge in [-0.05, 0) is 42.0 Å². The maximum absolute atomic E-state index is 13.2. The minimum atomic E-state index is -0.202. The average Bonchev–Trinajstić information content (AvgIpc) is 3.24.